The maximum atomic E-state index is 13.0. The summed E-state index contributed by atoms with van der Waals surface area (Å²) in [4.78, 5) is 13.0. The third kappa shape index (κ3) is 0.891. The van der Waals surface area contributed by atoms with Crippen molar-refractivity contribution in [2.24, 2.45) is 81.3 Å². The first-order valence-electron chi connectivity index (χ1n) is 11.6. The molecule has 0 N–H and O–H groups in total. The second-order valence-electron chi connectivity index (χ2n) is 12.8. The predicted octanol–water partition coefficient (Wildman–Crippen LogP) is 4.56. The van der Waals surface area contributed by atoms with Gasteiger partial charge in [-0.3, -0.25) is 4.79 Å². The molecular formula is C24H30O. The van der Waals surface area contributed by atoms with E-state index in [1.165, 1.54) is 19.3 Å². The van der Waals surface area contributed by atoms with Gasteiger partial charge in [0, 0.05) is 5.41 Å². The number of ketones is 1. The molecule has 1 heteroatoms. The van der Waals surface area contributed by atoms with Crippen LogP contribution in [0.3, 0.4) is 0 Å². The molecule has 0 amide bonds. The monoisotopic (exact) mass is 334 g/mol. The molecule has 0 heterocycles. The number of hydrogen-bond donors (Lipinski definition) is 0. The van der Waals surface area contributed by atoms with E-state index in [9.17, 15) is 4.79 Å². The lowest BCUT2D eigenvalue weighted by Gasteiger charge is -2.94. The highest BCUT2D eigenvalue weighted by atomic mass is 16.1. The molecule has 2 spiro atoms. The van der Waals surface area contributed by atoms with Crippen molar-refractivity contribution in [3.05, 3.63) is 0 Å². The molecule has 14 bridgehead atoms. The minimum Gasteiger partial charge on any atom is -0.299 e. The molecule has 0 aromatic carbocycles. The van der Waals surface area contributed by atoms with E-state index in [2.05, 4.69) is 0 Å². The Bertz CT molecular complexity index is 785. The van der Waals surface area contributed by atoms with Gasteiger partial charge in [0.2, 0.25) is 0 Å². The summed E-state index contributed by atoms with van der Waals surface area (Å²) >= 11 is 0. The van der Waals surface area contributed by atoms with Crippen LogP contribution in [0.25, 0.3) is 0 Å². The minimum absolute atomic E-state index is 0.143. The largest absolute Gasteiger partial charge is 0.299 e. The van der Waals surface area contributed by atoms with Crippen LogP contribution in [0, 0.1) is 81.3 Å². The average Bonchev–Trinajstić information content (AvgIpc) is 2.61. The lowest BCUT2D eigenvalue weighted by atomic mass is 9.10. The number of carbonyl (C=O) groups excluding carboxylic acids is 1. The molecule has 0 saturated heterocycles. The summed E-state index contributed by atoms with van der Waals surface area (Å²) in [5, 5.41) is 0. The fourth-order valence-corrected chi connectivity index (χ4v) is 14.1. The molecule has 132 valence electrons. The lowest BCUT2D eigenvalue weighted by Crippen LogP contribution is -2.89. The molecular weight excluding hydrogens is 304 g/mol. The maximum absolute atomic E-state index is 13.0. The SMILES string of the molecule is CC(=O)[C@]12C[C@H]3[C@@H]4C[C@@H]5[C@H]6C[C@H]7[C@@H]8C[C@@H]9C[C@H]7[C@](C1)([C@H]63)[C@@](C9)([C@H]58)[C@@H]4C2. The molecule has 1 nitrogen and oxygen atoms in total. The normalized spacial score (nSPS) is 79.2. The maximum Gasteiger partial charge on any atom is 0.136 e. The second-order valence-corrected chi connectivity index (χ2v) is 12.8. The Morgan fingerprint density at radius 1 is 0.720 bits per heavy atom. The summed E-state index contributed by atoms with van der Waals surface area (Å²) in [5.74, 6) is 12.5. The highest BCUT2D eigenvalue weighted by Gasteiger charge is 2.91. The number of rotatable bonds is 1. The molecule has 0 radical (unpaired) electrons. The Balaban J connectivity index is 1.42. The molecule has 13 aliphatic carbocycles. The minimum atomic E-state index is 0.143. The quantitative estimate of drug-likeness (QED) is 0.687. The predicted molar refractivity (Wildman–Crippen MR) is 93.3 cm³/mol. The van der Waals surface area contributed by atoms with E-state index < -0.39 is 0 Å². The molecule has 13 aliphatic rings. The van der Waals surface area contributed by atoms with E-state index in [0.29, 0.717) is 11.2 Å². The first-order chi connectivity index (χ1) is 12.1. The van der Waals surface area contributed by atoms with Gasteiger partial charge in [0.25, 0.3) is 0 Å². The van der Waals surface area contributed by atoms with Crippen LogP contribution in [0.1, 0.15) is 58.3 Å². The molecule has 13 saturated carbocycles. The van der Waals surface area contributed by atoms with Crippen LogP contribution in [0.4, 0.5) is 0 Å². The van der Waals surface area contributed by atoms with Crippen molar-refractivity contribution in [1.29, 1.82) is 0 Å². The molecule has 0 aromatic rings. The van der Waals surface area contributed by atoms with Crippen LogP contribution in [-0.2, 0) is 4.79 Å². The van der Waals surface area contributed by atoms with Gasteiger partial charge >= 0.3 is 0 Å². The Labute approximate surface area is 150 Å². The number of hydrogen-bond acceptors (Lipinski definition) is 1. The summed E-state index contributed by atoms with van der Waals surface area (Å²) in [6, 6.07) is 0. The van der Waals surface area contributed by atoms with Crippen molar-refractivity contribution in [2.75, 3.05) is 0 Å². The van der Waals surface area contributed by atoms with Crippen LogP contribution in [0.2, 0.25) is 0 Å². The van der Waals surface area contributed by atoms with Crippen molar-refractivity contribution in [3.8, 4) is 0 Å². The van der Waals surface area contributed by atoms with Gasteiger partial charge in [0.05, 0.1) is 0 Å². The standard InChI is InChI=1S/C24H30O/c1-10(25)22-7-17-13-5-15-16-4-12-14-2-11-3-18(12)24(9-22,21(16)17)23(6-11,20(14)15)19(13)8-22/h11-21H,2-9H2,1H3/t11-,12+,13+,14+,15-,16-,17+,18-,19-,20+,21-,22+,23-,24-/m1/s1. The molecule has 13 fully saturated rings. The van der Waals surface area contributed by atoms with Crippen LogP contribution in [0.15, 0.2) is 0 Å². The highest BCUT2D eigenvalue weighted by molar-refractivity contribution is 5.83. The summed E-state index contributed by atoms with van der Waals surface area (Å²) in [5.41, 5.74) is 1.57. The molecule has 14 atom stereocenters. The van der Waals surface area contributed by atoms with Crippen LogP contribution >= 0.6 is 0 Å². The number of Topliss-reactive ketones (excluding diaryl/α,β-unsaturated/α-hetero) is 1. The first kappa shape index (κ1) is 12.9. The first-order valence-corrected chi connectivity index (χ1v) is 11.6. The van der Waals surface area contributed by atoms with Gasteiger partial charge < -0.3 is 0 Å². The summed E-state index contributed by atoms with van der Waals surface area (Å²) in [6.07, 6.45) is 12.1. The van der Waals surface area contributed by atoms with Crippen molar-refractivity contribution in [1.82, 2.24) is 0 Å². The van der Waals surface area contributed by atoms with Gasteiger partial charge in [-0.1, -0.05) is 0 Å². The Morgan fingerprint density at radius 3 is 2.24 bits per heavy atom. The number of carbonyl (C=O) groups is 1. The van der Waals surface area contributed by atoms with E-state index in [1.54, 1.807) is 32.1 Å². The van der Waals surface area contributed by atoms with E-state index in [4.69, 9.17) is 0 Å². The lowest BCUT2D eigenvalue weighted by molar-refractivity contribution is -0.462. The summed E-state index contributed by atoms with van der Waals surface area (Å²) in [6.45, 7) is 1.98. The third-order valence-electron chi connectivity index (χ3n) is 13.4. The van der Waals surface area contributed by atoms with E-state index >= 15 is 0 Å². The van der Waals surface area contributed by atoms with Gasteiger partial charge in [-0.2, -0.15) is 0 Å². The van der Waals surface area contributed by atoms with Crippen LogP contribution in [-0.4, -0.2) is 5.78 Å². The Hall–Kier alpha value is -0.330. The third-order valence-corrected chi connectivity index (χ3v) is 13.4. The van der Waals surface area contributed by atoms with Crippen molar-refractivity contribution >= 4 is 5.78 Å². The molecule has 0 aliphatic heterocycles. The summed E-state index contributed by atoms with van der Waals surface area (Å²) in [7, 11) is 0. The Kier molecular flexibility index (Phi) is 1.66. The zero-order chi connectivity index (χ0) is 16.1. The van der Waals surface area contributed by atoms with Gasteiger partial charge in [-0.25, -0.2) is 0 Å². The van der Waals surface area contributed by atoms with Crippen molar-refractivity contribution < 1.29 is 4.79 Å². The fraction of sp³-hybridized carbons (Fsp3) is 0.958. The van der Waals surface area contributed by atoms with E-state index in [1.807, 2.05) is 6.92 Å². The van der Waals surface area contributed by atoms with Crippen LogP contribution in [0.5, 0.6) is 0 Å². The van der Waals surface area contributed by atoms with Crippen molar-refractivity contribution in [3.63, 3.8) is 0 Å². The molecule has 0 aromatic heterocycles. The van der Waals surface area contributed by atoms with Gasteiger partial charge in [-0.05, 0) is 134 Å². The summed E-state index contributed by atoms with van der Waals surface area (Å²) < 4.78 is 0. The average molecular weight is 335 g/mol. The Morgan fingerprint density at radius 2 is 1.44 bits per heavy atom. The van der Waals surface area contributed by atoms with Gasteiger partial charge in [0.1, 0.15) is 5.78 Å². The topological polar surface area (TPSA) is 17.1 Å². The van der Waals surface area contributed by atoms with Gasteiger partial charge in [0.15, 0.2) is 0 Å². The second kappa shape index (κ2) is 3.20. The smallest absolute Gasteiger partial charge is 0.136 e. The molecule has 0 unspecified atom stereocenters. The highest BCUT2D eigenvalue weighted by Crippen LogP contribution is 2.96. The zero-order valence-corrected chi connectivity index (χ0v) is 15.4. The fourth-order valence-electron chi connectivity index (χ4n) is 14.1. The molecule has 13 rings (SSSR count). The van der Waals surface area contributed by atoms with Crippen LogP contribution < -0.4 is 0 Å². The van der Waals surface area contributed by atoms with Gasteiger partial charge in [-0.15, -0.1) is 0 Å². The molecule has 25 heavy (non-hydrogen) atoms. The van der Waals surface area contributed by atoms with E-state index in [-0.39, 0.29) is 5.41 Å². The van der Waals surface area contributed by atoms with Crippen molar-refractivity contribution in [2.45, 2.75) is 58.3 Å². The van der Waals surface area contributed by atoms with E-state index in [0.717, 1.165) is 70.5 Å². The zero-order valence-electron chi connectivity index (χ0n) is 15.4.